The maximum absolute atomic E-state index is 12.7. The fourth-order valence-electron chi connectivity index (χ4n) is 3.04. The minimum Gasteiger partial charge on any atom is -0.326 e. The van der Waals surface area contributed by atoms with E-state index in [-0.39, 0.29) is 23.1 Å². The van der Waals surface area contributed by atoms with E-state index in [0.717, 1.165) is 22.4 Å². The van der Waals surface area contributed by atoms with Crippen LogP contribution in [0.15, 0.2) is 42.5 Å². The second-order valence-electron chi connectivity index (χ2n) is 7.81. The third-order valence-corrected chi connectivity index (χ3v) is 6.75. The molecule has 1 fully saturated rings. The number of anilines is 2. The summed E-state index contributed by atoms with van der Waals surface area (Å²) in [4.78, 5) is 27.0. The van der Waals surface area contributed by atoms with Crippen LogP contribution in [0.1, 0.15) is 35.9 Å². The van der Waals surface area contributed by atoms with Gasteiger partial charge in [0.25, 0.3) is 0 Å². The van der Waals surface area contributed by atoms with Crippen LogP contribution in [0, 0.1) is 19.3 Å². The second kappa shape index (κ2) is 8.18. The Morgan fingerprint density at radius 2 is 2.00 bits per heavy atom. The van der Waals surface area contributed by atoms with Gasteiger partial charge in [0.2, 0.25) is 11.8 Å². The number of aryl methyl sites for hydroxylation is 2. The van der Waals surface area contributed by atoms with Gasteiger partial charge in [0.05, 0.1) is 11.2 Å². The molecule has 2 amide bonds. The molecule has 28 heavy (non-hydrogen) atoms. The first-order valence-corrected chi connectivity index (χ1v) is 10.8. The van der Waals surface area contributed by atoms with Crippen molar-refractivity contribution in [1.82, 2.24) is 0 Å². The Hall–Kier alpha value is -1.98. The molecule has 148 valence electrons. The first-order chi connectivity index (χ1) is 13.2. The van der Waals surface area contributed by atoms with Gasteiger partial charge < -0.3 is 5.32 Å². The van der Waals surface area contributed by atoms with Crippen LogP contribution in [0.5, 0.6) is 0 Å². The molecule has 1 saturated heterocycles. The maximum atomic E-state index is 12.7. The molecule has 1 aliphatic heterocycles. The number of nitrogens with zero attached hydrogens (tertiary/aromatic N) is 1. The fraction of sp³-hybridized carbons (Fsp3) is 0.364. The lowest BCUT2D eigenvalue weighted by atomic mass is 9.95. The third kappa shape index (κ3) is 4.20. The van der Waals surface area contributed by atoms with Gasteiger partial charge in [0, 0.05) is 17.3 Å². The van der Waals surface area contributed by atoms with Crippen LogP contribution in [-0.2, 0) is 9.59 Å². The van der Waals surface area contributed by atoms with Gasteiger partial charge in [-0.1, -0.05) is 24.3 Å². The topological polar surface area (TPSA) is 49.4 Å². The maximum Gasteiger partial charge on any atom is 0.238 e. The van der Waals surface area contributed by atoms with E-state index in [2.05, 4.69) is 17.4 Å². The quantitative estimate of drug-likeness (QED) is 0.674. The molecule has 2 aromatic rings. The van der Waals surface area contributed by atoms with Crippen molar-refractivity contribution in [2.45, 2.75) is 33.1 Å². The summed E-state index contributed by atoms with van der Waals surface area (Å²) in [5.74, 6) is 0.655. The standard InChI is InChI=1S/C22H25ClN2O2S/c1-14-8-9-15(2)18(10-14)25-19(26)12-28-20(25)16-6-5-7-17(11-16)24-21(27)22(3,4)13-23/h5-11,20H,12-13H2,1-4H3,(H,24,27). The van der Waals surface area contributed by atoms with Gasteiger partial charge >= 0.3 is 0 Å². The number of alkyl halides is 1. The highest BCUT2D eigenvalue weighted by atomic mass is 35.5. The van der Waals surface area contributed by atoms with E-state index in [1.54, 1.807) is 11.8 Å². The van der Waals surface area contributed by atoms with Crippen LogP contribution in [-0.4, -0.2) is 23.4 Å². The van der Waals surface area contributed by atoms with Crippen LogP contribution in [0.25, 0.3) is 0 Å². The molecule has 0 spiro atoms. The van der Waals surface area contributed by atoms with Gasteiger partial charge in [0.1, 0.15) is 5.37 Å². The van der Waals surface area contributed by atoms with Crippen molar-refractivity contribution in [3.63, 3.8) is 0 Å². The van der Waals surface area contributed by atoms with E-state index in [1.807, 2.05) is 62.9 Å². The monoisotopic (exact) mass is 416 g/mol. The predicted molar refractivity (Wildman–Crippen MR) is 118 cm³/mol. The SMILES string of the molecule is Cc1ccc(C)c(N2C(=O)CSC2c2cccc(NC(=O)C(C)(C)CCl)c2)c1. The predicted octanol–water partition coefficient (Wildman–Crippen LogP) is 5.29. The van der Waals surface area contributed by atoms with Crippen LogP contribution >= 0.6 is 23.4 Å². The lowest BCUT2D eigenvalue weighted by Crippen LogP contribution is -2.32. The highest BCUT2D eigenvalue weighted by molar-refractivity contribution is 8.00. The molecular formula is C22H25ClN2O2S. The lowest BCUT2D eigenvalue weighted by Gasteiger charge is -2.27. The number of carbonyl (C=O) groups is 2. The minimum absolute atomic E-state index is 0.0985. The number of hydrogen-bond acceptors (Lipinski definition) is 3. The average molecular weight is 417 g/mol. The van der Waals surface area contributed by atoms with Gasteiger partial charge in [-0.25, -0.2) is 0 Å². The molecule has 3 rings (SSSR count). The Morgan fingerprint density at radius 3 is 2.71 bits per heavy atom. The summed E-state index contributed by atoms with van der Waals surface area (Å²) in [7, 11) is 0. The van der Waals surface area contributed by atoms with Crippen LogP contribution in [0.2, 0.25) is 0 Å². The molecule has 0 bridgehead atoms. The summed E-state index contributed by atoms with van der Waals surface area (Å²) in [6.07, 6.45) is 0. The van der Waals surface area contributed by atoms with Crippen LogP contribution < -0.4 is 10.2 Å². The Kier molecular flexibility index (Phi) is 6.06. The number of carbonyl (C=O) groups excluding carboxylic acids is 2. The molecule has 1 unspecified atom stereocenters. The van der Waals surface area contributed by atoms with Crippen LogP contribution in [0.3, 0.4) is 0 Å². The van der Waals surface area contributed by atoms with Gasteiger partial charge in [-0.3, -0.25) is 14.5 Å². The molecule has 1 heterocycles. The summed E-state index contributed by atoms with van der Waals surface area (Å²) in [5, 5.41) is 2.83. The molecule has 0 saturated carbocycles. The van der Waals surface area contributed by atoms with Crippen molar-refractivity contribution in [3.8, 4) is 0 Å². The van der Waals surface area contributed by atoms with Crippen molar-refractivity contribution in [3.05, 3.63) is 59.2 Å². The molecule has 4 nitrogen and oxygen atoms in total. The zero-order chi connectivity index (χ0) is 20.5. The van der Waals surface area contributed by atoms with Crippen molar-refractivity contribution < 1.29 is 9.59 Å². The molecule has 1 N–H and O–H groups in total. The highest BCUT2D eigenvalue weighted by Gasteiger charge is 2.35. The summed E-state index contributed by atoms with van der Waals surface area (Å²) >= 11 is 7.51. The molecule has 1 atom stereocenters. The van der Waals surface area contributed by atoms with Crippen molar-refractivity contribution in [1.29, 1.82) is 0 Å². The van der Waals surface area contributed by atoms with E-state index in [4.69, 9.17) is 11.6 Å². The molecule has 0 radical (unpaired) electrons. The zero-order valence-electron chi connectivity index (χ0n) is 16.6. The van der Waals surface area contributed by atoms with Gasteiger partial charge in [-0.15, -0.1) is 23.4 Å². The smallest absolute Gasteiger partial charge is 0.238 e. The third-order valence-electron chi connectivity index (χ3n) is 4.87. The summed E-state index contributed by atoms with van der Waals surface area (Å²) in [6, 6.07) is 13.9. The number of thioether (sulfide) groups is 1. The van der Waals surface area contributed by atoms with Gasteiger partial charge in [-0.05, 0) is 62.6 Å². The molecule has 0 aliphatic carbocycles. The van der Waals surface area contributed by atoms with E-state index < -0.39 is 5.41 Å². The number of benzene rings is 2. The molecule has 1 aliphatic rings. The first-order valence-electron chi connectivity index (χ1n) is 9.21. The number of hydrogen-bond donors (Lipinski definition) is 1. The van der Waals surface area contributed by atoms with E-state index in [0.29, 0.717) is 11.4 Å². The number of rotatable bonds is 5. The Morgan fingerprint density at radius 1 is 1.25 bits per heavy atom. The van der Waals surface area contributed by atoms with Crippen LogP contribution in [0.4, 0.5) is 11.4 Å². The molecule has 6 heteroatoms. The van der Waals surface area contributed by atoms with Crippen molar-refractivity contribution in [2.24, 2.45) is 5.41 Å². The number of halogens is 1. The Labute approximate surface area is 175 Å². The molecule has 2 aromatic carbocycles. The zero-order valence-corrected chi connectivity index (χ0v) is 18.2. The van der Waals surface area contributed by atoms with E-state index in [9.17, 15) is 9.59 Å². The second-order valence-corrected chi connectivity index (χ2v) is 9.15. The fourth-order valence-corrected chi connectivity index (χ4v) is 4.32. The van der Waals surface area contributed by atoms with Crippen molar-refractivity contribution in [2.75, 3.05) is 21.8 Å². The number of amides is 2. The Bertz CT molecular complexity index is 913. The first kappa shape index (κ1) is 20.7. The molecule has 0 aromatic heterocycles. The van der Waals surface area contributed by atoms with E-state index in [1.165, 1.54) is 0 Å². The summed E-state index contributed by atoms with van der Waals surface area (Å²) in [6.45, 7) is 7.67. The van der Waals surface area contributed by atoms with Gasteiger partial charge in [0.15, 0.2) is 0 Å². The normalized spacial score (nSPS) is 17.1. The summed E-state index contributed by atoms with van der Waals surface area (Å²) in [5.41, 5.74) is 4.17. The Balaban J connectivity index is 1.91. The van der Waals surface area contributed by atoms with Crippen molar-refractivity contribution >= 4 is 46.6 Å². The number of nitrogens with one attached hydrogen (secondary N) is 1. The molecular weight excluding hydrogens is 392 g/mol. The van der Waals surface area contributed by atoms with E-state index >= 15 is 0 Å². The highest BCUT2D eigenvalue weighted by Crippen LogP contribution is 2.43. The largest absolute Gasteiger partial charge is 0.326 e. The summed E-state index contributed by atoms with van der Waals surface area (Å²) < 4.78 is 0. The average Bonchev–Trinajstić information content (AvgIpc) is 3.05. The lowest BCUT2D eigenvalue weighted by molar-refractivity contribution is -0.123. The minimum atomic E-state index is -0.652. The van der Waals surface area contributed by atoms with Gasteiger partial charge in [-0.2, -0.15) is 0 Å².